The first-order chi connectivity index (χ1) is 9.88. The molecule has 0 aliphatic carbocycles. The number of aromatic nitrogens is 2. The van der Waals surface area contributed by atoms with Crippen molar-refractivity contribution in [3.63, 3.8) is 0 Å². The normalized spacial score (nSPS) is 14.6. The Morgan fingerprint density at radius 3 is 2.55 bits per heavy atom. The van der Waals surface area contributed by atoms with Gasteiger partial charge in [-0.05, 0) is 44.0 Å². The Morgan fingerprint density at radius 1 is 1.05 bits per heavy atom. The molecule has 104 valence electrons. The summed E-state index contributed by atoms with van der Waals surface area (Å²) in [6.07, 6.45) is 2.49. The number of rotatable bonds is 4. The summed E-state index contributed by atoms with van der Waals surface area (Å²) in [5, 5.41) is 8.72. The lowest BCUT2D eigenvalue weighted by Crippen LogP contribution is -2.19. The van der Waals surface area contributed by atoms with Crippen molar-refractivity contribution in [3.8, 4) is 17.0 Å². The van der Waals surface area contributed by atoms with Crippen LogP contribution in [-0.4, -0.2) is 29.9 Å². The maximum atomic E-state index is 5.64. The molecule has 1 aromatic carbocycles. The highest BCUT2D eigenvalue weighted by atomic mass is 16.5. The number of nitrogens with zero attached hydrogens (tertiary/aromatic N) is 3. The van der Waals surface area contributed by atoms with Crippen LogP contribution >= 0.6 is 0 Å². The molecule has 3 rings (SSSR count). The monoisotopic (exact) mass is 269 g/mol. The molecule has 0 unspecified atom stereocenters. The second-order valence-electron chi connectivity index (χ2n) is 4.90. The lowest BCUT2D eigenvalue weighted by atomic mass is 10.1. The van der Waals surface area contributed by atoms with Crippen molar-refractivity contribution >= 4 is 5.82 Å². The second kappa shape index (κ2) is 5.90. The minimum absolute atomic E-state index is 0.649. The zero-order chi connectivity index (χ0) is 13.8. The van der Waals surface area contributed by atoms with Crippen LogP contribution in [0.1, 0.15) is 19.8 Å². The Balaban J connectivity index is 1.87. The van der Waals surface area contributed by atoms with Crippen LogP contribution in [0.25, 0.3) is 11.3 Å². The van der Waals surface area contributed by atoms with E-state index >= 15 is 0 Å². The fraction of sp³-hybridized carbons (Fsp3) is 0.375. The Kier molecular flexibility index (Phi) is 3.81. The van der Waals surface area contributed by atoms with Crippen molar-refractivity contribution in [3.05, 3.63) is 36.4 Å². The van der Waals surface area contributed by atoms with E-state index in [9.17, 15) is 0 Å². The van der Waals surface area contributed by atoms with Gasteiger partial charge in [0.15, 0.2) is 5.82 Å². The fourth-order valence-electron chi connectivity index (χ4n) is 2.54. The Bertz CT molecular complexity index is 562. The molecular weight excluding hydrogens is 250 g/mol. The molecule has 1 aliphatic heterocycles. The summed E-state index contributed by atoms with van der Waals surface area (Å²) in [4.78, 5) is 2.28. The summed E-state index contributed by atoms with van der Waals surface area (Å²) < 4.78 is 5.64. The van der Waals surface area contributed by atoms with E-state index in [1.165, 1.54) is 12.8 Å². The second-order valence-corrected chi connectivity index (χ2v) is 4.90. The molecular formula is C16H19N3O. The first-order valence-corrected chi connectivity index (χ1v) is 7.19. The summed E-state index contributed by atoms with van der Waals surface area (Å²) >= 11 is 0. The third kappa shape index (κ3) is 2.59. The minimum atomic E-state index is 0.649. The maximum Gasteiger partial charge on any atom is 0.151 e. The smallest absolute Gasteiger partial charge is 0.151 e. The number of hydrogen-bond donors (Lipinski definition) is 0. The van der Waals surface area contributed by atoms with E-state index in [1.807, 2.05) is 37.3 Å². The van der Waals surface area contributed by atoms with Crippen LogP contribution in [0.15, 0.2) is 36.4 Å². The number of para-hydroxylation sites is 1. The molecule has 2 aromatic rings. The van der Waals surface area contributed by atoms with Gasteiger partial charge in [-0.15, -0.1) is 10.2 Å². The zero-order valence-electron chi connectivity index (χ0n) is 11.7. The van der Waals surface area contributed by atoms with Crippen LogP contribution in [0.2, 0.25) is 0 Å². The highest BCUT2D eigenvalue weighted by Crippen LogP contribution is 2.28. The van der Waals surface area contributed by atoms with Crippen LogP contribution in [0.5, 0.6) is 5.75 Å². The van der Waals surface area contributed by atoms with E-state index in [-0.39, 0.29) is 0 Å². The molecule has 0 radical (unpaired) electrons. The molecule has 1 aromatic heterocycles. The van der Waals surface area contributed by atoms with Crippen LogP contribution in [-0.2, 0) is 0 Å². The van der Waals surface area contributed by atoms with Gasteiger partial charge in [-0.2, -0.15) is 0 Å². The molecule has 0 spiro atoms. The van der Waals surface area contributed by atoms with E-state index in [0.29, 0.717) is 6.61 Å². The first-order valence-electron chi connectivity index (χ1n) is 7.19. The van der Waals surface area contributed by atoms with Crippen LogP contribution < -0.4 is 9.64 Å². The maximum absolute atomic E-state index is 5.64. The molecule has 0 amide bonds. The Labute approximate surface area is 119 Å². The third-order valence-electron chi connectivity index (χ3n) is 3.54. The van der Waals surface area contributed by atoms with E-state index < -0.39 is 0 Å². The molecule has 4 heteroatoms. The van der Waals surface area contributed by atoms with Gasteiger partial charge in [-0.1, -0.05) is 12.1 Å². The number of ether oxygens (including phenoxy) is 1. The molecule has 1 aliphatic rings. The van der Waals surface area contributed by atoms with Gasteiger partial charge >= 0.3 is 0 Å². The van der Waals surface area contributed by atoms with Gasteiger partial charge in [0.25, 0.3) is 0 Å². The average molecular weight is 269 g/mol. The lowest BCUT2D eigenvalue weighted by Gasteiger charge is -2.15. The number of anilines is 1. The van der Waals surface area contributed by atoms with Crippen molar-refractivity contribution in [1.29, 1.82) is 0 Å². The van der Waals surface area contributed by atoms with Gasteiger partial charge in [0.2, 0.25) is 0 Å². The molecule has 2 heterocycles. The lowest BCUT2D eigenvalue weighted by molar-refractivity contribution is 0.341. The Morgan fingerprint density at radius 2 is 1.85 bits per heavy atom. The van der Waals surface area contributed by atoms with Crippen molar-refractivity contribution in [1.82, 2.24) is 10.2 Å². The summed E-state index contributed by atoms with van der Waals surface area (Å²) in [6.45, 7) is 4.81. The highest BCUT2D eigenvalue weighted by molar-refractivity contribution is 5.67. The topological polar surface area (TPSA) is 38.2 Å². The number of benzene rings is 1. The largest absolute Gasteiger partial charge is 0.493 e. The molecule has 1 saturated heterocycles. The average Bonchev–Trinajstić information content (AvgIpc) is 3.03. The summed E-state index contributed by atoms with van der Waals surface area (Å²) in [5.74, 6) is 1.83. The van der Waals surface area contributed by atoms with Crippen LogP contribution in [0, 0.1) is 0 Å². The van der Waals surface area contributed by atoms with Crippen molar-refractivity contribution in [2.24, 2.45) is 0 Å². The first kappa shape index (κ1) is 12.9. The molecule has 1 fully saturated rings. The zero-order valence-corrected chi connectivity index (χ0v) is 11.7. The van der Waals surface area contributed by atoms with E-state index in [1.54, 1.807) is 0 Å². The van der Waals surface area contributed by atoms with Crippen molar-refractivity contribution in [2.45, 2.75) is 19.8 Å². The van der Waals surface area contributed by atoms with E-state index in [0.717, 1.165) is 35.9 Å². The third-order valence-corrected chi connectivity index (χ3v) is 3.54. The van der Waals surface area contributed by atoms with Crippen molar-refractivity contribution in [2.75, 3.05) is 24.6 Å². The molecule has 0 N–H and O–H groups in total. The van der Waals surface area contributed by atoms with E-state index in [2.05, 4.69) is 21.2 Å². The molecule has 0 bridgehead atoms. The molecule has 20 heavy (non-hydrogen) atoms. The Hall–Kier alpha value is -2.10. The predicted molar refractivity (Wildman–Crippen MR) is 80.1 cm³/mol. The van der Waals surface area contributed by atoms with Crippen molar-refractivity contribution < 1.29 is 4.74 Å². The predicted octanol–water partition coefficient (Wildman–Crippen LogP) is 3.14. The van der Waals surface area contributed by atoms with Gasteiger partial charge in [0, 0.05) is 18.7 Å². The van der Waals surface area contributed by atoms with Crippen LogP contribution in [0.4, 0.5) is 5.82 Å². The number of hydrogen-bond acceptors (Lipinski definition) is 4. The summed E-state index contributed by atoms with van der Waals surface area (Å²) in [5.41, 5.74) is 1.85. The van der Waals surface area contributed by atoms with Gasteiger partial charge in [-0.3, -0.25) is 0 Å². The quantitative estimate of drug-likeness (QED) is 0.854. The fourth-order valence-corrected chi connectivity index (χ4v) is 2.54. The molecule has 0 saturated carbocycles. The molecule has 4 nitrogen and oxygen atoms in total. The SMILES string of the molecule is CCOc1ccccc1-c1ccc(N2CCCC2)nn1. The van der Waals surface area contributed by atoms with Gasteiger partial charge < -0.3 is 9.64 Å². The van der Waals surface area contributed by atoms with Gasteiger partial charge in [0.1, 0.15) is 5.75 Å². The van der Waals surface area contributed by atoms with Crippen LogP contribution in [0.3, 0.4) is 0 Å². The van der Waals surface area contributed by atoms with Gasteiger partial charge in [0.05, 0.1) is 12.3 Å². The van der Waals surface area contributed by atoms with E-state index in [4.69, 9.17) is 4.74 Å². The standard InChI is InChI=1S/C16H19N3O/c1-2-20-15-8-4-3-7-13(15)14-9-10-16(18-17-14)19-11-5-6-12-19/h3-4,7-10H,2,5-6,11-12H2,1H3. The minimum Gasteiger partial charge on any atom is -0.493 e. The summed E-state index contributed by atoms with van der Waals surface area (Å²) in [7, 11) is 0. The summed E-state index contributed by atoms with van der Waals surface area (Å²) in [6, 6.07) is 12.0. The highest BCUT2D eigenvalue weighted by Gasteiger charge is 2.14. The van der Waals surface area contributed by atoms with Gasteiger partial charge in [-0.25, -0.2) is 0 Å². The molecule has 0 atom stereocenters.